The summed E-state index contributed by atoms with van der Waals surface area (Å²) < 4.78 is 5.23. The Bertz CT molecular complexity index is 991. The Kier molecular flexibility index (Phi) is 15.1. The highest BCUT2D eigenvalue weighted by atomic mass is 15.2. The van der Waals surface area contributed by atoms with E-state index in [1.54, 1.807) is 0 Å². The van der Waals surface area contributed by atoms with E-state index in [4.69, 9.17) is 0 Å². The third-order valence-corrected chi connectivity index (χ3v) is 8.55. The molecule has 1 aromatic heterocycles. The maximum Gasteiger partial charge on any atom is 0.256 e. The maximum atomic E-state index is 2.63. The van der Waals surface area contributed by atoms with Crippen molar-refractivity contribution in [3.63, 3.8) is 0 Å². The molecule has 39 heavy (non-hydrogen) atoms. The number of hydrogen-bond acceptors (Lipinski definition) is 0. The normalized spacial score (nSPS) is 13.0. The number of aromatic nitrogens is 2. The van der Waals surface area contributed by atoms with Crippen LogP contribution >= 0.6 is 0 Å². The van der Waals surface area contributed by atoms with Gasteiger partial charge in [0, 0.05) is 6.42 Å². The molecule has 0 N–H and O–H groups in total. The molecule has 0 saturated carbocycles. The molecule has 3 aromatic rings. The second kappa shape index (κ2) is 18.9. The van der Waals surface area contributed by atoms with Crippen LogP contribution in [-0.4, -0.2) is 4.57 Å². The predicted octanol–water partition coefficient (Wildman–Crippen LogP) is 10.4. The summed E-state index contributed by atoms with van der Waals surface area (Å²) >= 11 is 0. The number of benzene rings is 2. The lowest BCUT2D eigenvalue weighted by atomic mass is 9.88. The molecule has 0 aliphatic rings. The van der Waals surface area contributed by atoms with Crippen LogP contribution in [0.5, 0.6) is 0 Å². The van der Waals surface area contributed by atoms with Crippen LogP contribution < -0.4 is 4.57 Å². The molecule has 2 nitrogen and oxygen atoms in total. The highest BCUT2D eigenvalue weighted by Gasteiger charge is 2.23. The Morgan fingerprint density at radius 2 is 1.26 bits per heavy atom. The van der Waals surface area contributed by atoms with Crippen molar-refractivity contribution in [1.29, 1.82) is 0 Å². The lowest BCUT2D eigenvalue weighted by Crippen LogP contribution is -2.38. The minimum absolute atomic E-state index is 0.535. The van der Waals surface area contributed by atoms with Gasteiger partial charge in [0.25, 0.3) is 5.82 Å². The largest absolute Gasteiger partial charge is 0.256 e. The minimum Gasteiger partial charge on any atom is -0.234 e. The molecule has 1 heterocycles. The van der Waals surface area contributed by atoms with E-state index in [1.807, 2.05) is 0 Å². The molecule has 2 heteroatoms. The molecule has 214 valence electrons. The number of nitrogens with zero attached hydrogens (tertiary/aromatic N) is 2. The summed E-state index contributed by atoms with van der Waals surface area (Å²) in [6, 6.07) is 22.9. The molecule has 0 spiro atoms. The van der Waals surface area contributed by atoms with Gasteiger partial charge < -0.3 is 0 Å². The monoisotopic (exact) mass is 529 g/mol. The van der Waals surface area contributed by atoms with E-state index < -0.39 is 0 Å². The summed E-state index contributed by atoms with van der Waals surface area (Å²) in [6.07, 6.45) is 25.9. The summed E-state index contributed by atoms with van der Waals surface area (Å²) in [5.74, 6) is 2.07. The van der Waals surface area contributed by atoms with Crippen molar-refractivity contribution in [3.8, 4) is 0 Å². The fraction of sp³-hybridized carbons (Fsp3) is 0.595. The summed E-state index contributed by atoms with van der Waals surface area (Å²) in [4.78, 5) is 0. The molecular formula is C37H57N2+. The van der Waals surface area contributed by atoms with E-state index in [0.717, 1.165) is 19.4 Å². The smallest absolute Gasteiger partial charge is 0.234 e. The predicted molar refractivity (Wildman–Crippen MR) is 168 cm³/mol. The first-order valence-electron chi connectivity index (χ1n) is 16.4. The molecule has 0 aliphatic heterocycles. The zero-order valence-electron chi connectivity index (χ0n) is 25.5. The Balaban J connectivity index is 1.69. The van der Waals surface area contributed by atoms with Crippen molar-refractivity contribution in [2.24, 2.45) is 0 Å². The first-order chi connectivity index (χ1) is 19.2. The number of unbranched alkanes of at least 4 members (excludes halogenated alkanes) is 10. The molecule has 2 atom stereocenters. The quantitative estimate of drug-likeness (QED) is 0.0958. The lowest BCUT2D eigenvalue weighted by molar-refractivity contribution is -0.704. The van der Waals surface area contributed by atoms with Crippen molar-refractivity contribution < 1.29 is 4.57 Å². The van der Waals surface area contributed by atoms with Crippen molar-refractivity contribution >= 4 is 0 Å². The molecular weight excluding hydrogens is 472 g/mol. The van der Waals surface area contributed by atoms with Crippen LogP contribution in [0.4, 0.5) is 0 Å². The molecule has 0 bridgehead atoms. The first-order valence-corrected chi connectivity index (χ1v) is 16.4. The van der Waals surface area contributed by atoms with Crippen LogP contribution in [0.3, 0.4) is 0 Å². The summed E-state index contributed by atoms with van der Waals surface area (Å²) in [5, 5.41) is 0. The van der Waals surface area contributed by atoms with Crippen molar-refractivity contribution in [1.82, 2.24) is 4.57 Å². The maximum absolute atomic E-state index is 2.63. The number of aryl methyl sites for hydroxylation is 1. The van der Waals surface area contributed by atoms with E-state index in [9.17, 15) is 0 Å². The molecule has 0 aliphatic carbocycles. The number of imidazole rings is 1. The van der Waals surface area contributed by atoms with E-state index >= 15 is 0 Å². The second-order valence-electron chi connectivity index (χ2n) is 11.8. The van der Waals surface area contributed by atoms with E-state index in [2.05, 4.69) is 103 Å². The van der Waals surface area contributed by atoms with Gasteiger partial charge in [-0.15, -0.1) is 0 Å². The van der Waals surface area contributed by atoms with Gasteiger partial charge in [-0.1, -0.05) is 132 Å². The average molecular weight is 530 g/mol. The van der Waals surface area contributed by atoms with E-state index in [0.29, 0.717) is 12.0 Å². The van der Waals surface area contributed by atoms with Gasteiger partial charge in [-0.25, -0.2) is 9.13 Å². The molecule has 3 rings (SSSR count). The zero-order valence-corrected chi connectivity index (χ0v) is 25.5. The van der Waals surface area contributed by atoms with Gasteiger partial charge in [-0.3, -0.25) is 0 Å². The molecule has 0 amide bonds. The molecule has 0 saturated heterocycles. The highest BCUT2D eigenvalue weighted by Crippen LogP contribution is 2.27. The van der Waals surface area contributed by atoms with Crippen LogP contribution in [0.2, 0.25) is 0 Å². The minimum atomic E-state index is 0.535. The summed E-state index contributed by atoms with van der Waals surface area (Å²) in [5.41, 5.74) is 2.92. The zero-order chi connectivity index (χ0) is 27.5. The third-order valence-electron chi connectivity index (χ3n) is 8.55. The van der Waals surface area contributed by atoms with Crippen LogP contribution in [0.25, 0.3) is 0 Å². The van der Waals surface area contributed by atoms with Gasteiger partial charge in [0.15, 0.2) is 0 Å². The summed E-state index contributed by atoms with van der Waals surface area (Å²) in [6.45, 7) is 8.21. The second-order valence-corrected chi connectivity index (χ2v) is 11.8. The average Bonchev–Trinajstić information content (AvgIpc) is 3.38. The standard InChI is InChI=1S/C37H57N2/c1-4-6-8-10-12-16-22-33(3)39-31-30-38(29-21-13-11-9-7-5-2)37(39)28-27-36(35-25-19-15-20-26-35)32-34-23-17-14-18-24-34/h14-15,17-20,23-26,30-31,33,36H,4-13,16,21-22,27-29,32H2,1-3H3/q+1. The van der Waals surface area contributed by atoms with E-state index in [1.165, 1.54) is 107 Å². The molecule has 2 aromatic carbocycles. The van der Waals surface area contributed by atoms with Crippen LogP contribution in [0.15, 0.2) is 73.1 Å². The Morgan fingerprint density at radius 3 is 1.92 bits per heavy atom. The molecule has 2 unspecified atom stereocenters. The van der Waals surface area contributed by atoms with Gasteiger partial charge in [-0.05, 0) is 62.5 Å². The first kappa shape index (κ1) is 31.2. The topological polar surface area (TPSA) is 8.81 Å². The van der Waals surface area contributed by atoms with Crippen molar-refractivity contribution in [2.75, 3.05) is 0 Å². The third kappa shape index (κ3) is 11.3. The van der Waals surface area contributed by atoms with Crippen molar-refractivity contribution in [3.05, 3.63) is 90.0 Å². The Morgan fingerprint density at radius 1 is 0.667 bits per heavy atom. The van der Waals surface area contributed by atoms with Gasteiger partial charge in [0.2, 0.25) is 0 Å². The number of rotatable bonds is 21. The van der Waals surface area contributed by atoms with Gasteiger partial charge in [0.05, 0.1) is 12.6 Å². The van der Waals surface area contributed by atoms with Crippen LogP contribution in [0, 0.1) is 0 Å². The summed E-state index contributed by atoms with van der Waals surface area (Å²) in [7, 11) is 0. The lowest BCUT2D eigenvalue weighted by Gasteiger charge is -2.18. The Hall–Kier alpha value is -2.35. The van der Waals surface area contributed by atoms with E-state index in [-0.39, 0.29) is 0 Å². The highest BCUT2D eigenvalue weighted by molar-refractivity contribution is 5.24. The van der Waals surface area contributed by atoms with Crippen LogP contribution in [-0.2, 0) is 19.4 Å². The fourth-order valence-corrected chi connectivity index (χ4v) is 6.09. The van der Waals surface area contributed by atoms with Crippen LogP contribution in [0.1, 0.15) is 140 Å². The SMILES string of the molecule is CCCCCCCCC(C)n1cc[n+](CCCCCCCC)c1CCC(Cc1ccccc1)c1ccccc1. The van der Waals surface area contributed by atoms with Gasteiger partial charge in [0.1, 0.15) is 12.4 Å². The van der Waals surface area contributed by atoms with Crippen molar-refractivity contribution in [2.45, 2.75) is 142 Å². The fourth-order valence-electron chi connectivity index (χ4n) is 6.09. The molecule has 0 fully saturated rings. The van der Waals surface area contributed by atoms with Gasteiger partial charge >= 0.3 is 0 Å². The Labute approximate surface area is 240 Å². The number of hydrogen-bond donors (Lipinski definition) is 0. The van der Waals surface area contributed by atoms with Gasteiger partial charge in [-0.2, -0.15) is 0 Å². The molecule has 0 radical (unpaired) electrons.